The fraction of sp³-hybridized carbons (Fsp3) is 0.350. The minimum absolute atomic E-state index is 0.193. The first-order chi connectivity index (χ1) is 13.9. The van der Waals surface area contributed by atoms with Crippen LogP contribution in [0.2, 0.25) is 0 Å². The first kappa shape index (κ1) is 19.2. The molecule has 0 unspecified atom stereocenters. The maximum absolute atomic E-state index is 13.9. The lowest BCUT2D eigenvalue weighted by atomic mass is 10.0. The van der Waals surface area contributed by atoms with Gasteiger partial charge in [0.1, 0.15) is 0 Å². The van der Waals surface area contributed by atoms with E-state index in [-0.39, 0.29) is 6.04 Å². The average molecular weight is 403 g/mol. The Hall–Kier alpha value is -3.10. The van der Waals surface area contributed by atoms with Crippen molar-refractivity contribution in [3.05, 3.63) is 66.0 Å². The second-order valence-corrected chi connectivity index (χ2v) is 7.14. The zero-order valence-corrected chi connectivity index (χ0v) is 15.8. The highest BCUT2D eigenvalue weighted by molar-refractivity contribution is 5.95. The number of aryl methyl sites for hydroxylation is 1. The fourth-order valence-electron chi connectivity index (χ4n) is 3.78. The van der Waals surface area contributed by atoms with Crippen LogP contribution in [-0.2, 0) is 6.18 Å². The van der Waals surface area contributed by atoms with E-state index in [1.165, 1.54) is 4.90 Å². The summed E-state index contributed by atoms with van der Waals surface area (Å²) in [6, 6.07) is 6.85. The Labute approximate surface area is 165 Å². The highest BCUT2D eigenvalue weighted by atomic mass is 19.4. The molecule has 1 aliphatic rings. The summed E-state index contributed by atoms with van der Waals surface area (Å²) >= 11 is 0. The molecular formula is C20H20F3N5O. The van der Waals surface area contributed by atoms with Crippen molar-refractivity contribution in [2.24, 2.45) is 0 Å². The number of imidazole rings is 1. The molecule has 0 saturated carbocycles. The Bertz CT molecular complexity index is 1000. The van der Waals surface area contributed by atoms with Crippen LogP contribution < -0.4 is 0 Å². The lowest BCUT2D eigenvalue weighted by Crippen LogP contribution is -2.39. The summed E-state index contributed by atoms with van der Waals surface area (Å²) < 4.78 is 44.5. The van der Waals surface area contributed by atoms with E-state index in [0.29, 0.717) is 37.2 Å². The SMILES string of the molecule is Cc1ccccc1-n1ncc(C(=O)N2CCC(n3ccnc3)CC2)c1C(F)(F)F. The molecule has 29 heavy (non-hydrogen) atoms. The van der Waals surface area contributed by atoms with Gasteiger partial charge in [0, 0.05) is 31.5 Å². The van der Waals surface area contributed by atoms with Crippen LogP contribution >= 0.6 is 0 Å². The third-order valence-electron chi connectivity index (χ3n) is 5.31. The van der Waals surface area contributed by atoms with Gasteiger partial charge in [-0.3, -0.25) is 4.79 Å². The number of hydrogen-bond donors (Lipinski definition) is 0. The highest BCUT2D eigenvalue weighted by Crippen LogP contribution is 2.35. The van der Waals surface area contributed by atoms with E-state index >= 15 is 0 Å². The summed E-state index contributed by atoms with van der Waals surface area (Å²) in [6.45, 7) is 2.47. The summed E-state index contributed by atoms with van der Waals surface area (Å²) in [7, 11) is 0. The van der Waals surface area contributed by atoms with E-state index in [0.717, 1.165) is 10.9 Å². The Morgan fingerprint density at radius 3 is 2.52 bits per heavy atom. The van der Waals surface area contributed by atoms with Crippen LogP contribution in [0.5, 0.6) is 0 Å². The largest absolute Gasteiger partial charge is 0.434 e. The molecule has 9 heteroatoms. The van der Waals surface area contributed by atoms with Crippen molar-refractivity contribution in [2.45, 2.75) is 32.0 Å². The summed E-state index contributed by atoms with van der Waals surface area (Å²) in [4.78, 5) is 18.4. The Morgan fingerprint density at radius 2 is 1.90 bits per heavy atom. The van der Waals surface area contributed by atoms with Crippen molar-refractivity contribution in [3.63, 3.8) is 0 Å². The topological polar surface area (TPSA) is 56.0 Å². The monoisotopic (exact) mass is 403 g/mol. The zero-order valence-electron chi connectivity index (χ0n) is 15.8. The third-order valence-corrected chi connectivity index (χ3v) is 5.31. The number of halogens is 3. The van der Waals surface area contributed by atoms with Gasteiger partial charge < -0.3 is 9.47 Å². The van der Waals surface area contributed by atoms with Crippen LogP contribution in [0.4, 0.5) is 13.2 Å². The number of nitrogens with zero attached hydrogens (tertiary/aromatic N) is 5. The zero-order chi connectivity index (χ0) is 20.6. The van der Waals surface area contributed by atoms with E-state index < -0.39 is 23.3 Å². The van der Waals surface area contributed by atoms with Gasteiger partial charge in [0.25, 0.3) is 5.91 Å². The molecule has 0 radical (unpaired) electrons. The molecule has 0 aliphatic carbocycles. The first-order valence-corrected chi connectivity index (χ1v) is 9.34. The number of piperidine rings is 1. The van der Waals surface area contributed by atoms with Gasteiger partial charge in [-0.15, -0.1) is 0 Å². The summed E-state index contributed by atoms with van der Waals surface area (Å²) in [6.07, 6.45) is 2.91. The Morgan fingerprint density at radius 1 is 1.17 bits per heavy atom. The van der Waals surface area contributed by atoms with Crippen molar-refractivity contribution >= 4 is 5.91 Å². The predicted molar refractivity (Wildman–Crippen MR) is 99.7 cm³/mol. The predicted octanol–water partition coefficient (Wildman–Crippen LogP) is 3.87. The minimum Gasteiger partial charge on any atom is -0.338 e. The van der Waals surface area contributed by atoms with E-state index in [9.17, 15) is 18.0 Å². The quantitative estimate of drug-likeness (QED) is 0.667. The molecule has 152 valence electrons. The summed E-state index contributed by atoms with van der Waals surface area (Å²) in [5.74, 6) is -0.638. The van der Waals surface area contributed by atoms with E-state index in [2.05, 4.69) is 10.1 Å². The van der Waals surface area contributed by atoms with Gasteiger partial charge in [-0.05, 0) is 31.4 Å². The number of carbonyl (C=O) groups excluding carboxylic acids is 1. The Balaban J connectivity index is 1.62. The molecule has 2 aromatic heterocycles. The maximum atomic E-state index is 13.9. The average Bonchev–Trinajstić information content (AvgIpc) is 3.38. The van der Waals surface area contributed by atoms with Gasteiger partial charge in [0.2, 0.25) is 0 Å². The first-order valence-electron chi connectivity index (χ1n) is 9.34. The van der Waals surface area contributed by atoms with Gasteiger partial charge in [-0.25, -0.2) is 9.67 Å². The molecule has 4 rings (SSSR count). The Kier molecular flexibility index (Phi) is 4.89. The molecule has 1 saturated heterocycles. The van der Waals surface area contributed by atoms with Gasteiger partial charge in [-0.1, -0.05) is 18.2 Å². The fourth-order valence-corrected chi connectivity index (χ4v) is 3.78. The van der Waals surface area contributed by atoms with E-state index in [1.54, 1.807) is 43.7 Å². The number of likely N-dealkylation sites (tertiary alicyclic amines) is 1. The maximum Gasteiger partial charge on any atom is 0.434 e. The normalized spacial score (nSPS) is 15.7. The standard InChI is InChI=1S/C20H20F3N5O/c1-14-4-2-3-5-17(14)28-18(20(21,22)23)16(12-25-28)19(29)26-9-6-15(7-10-26)27-11-8-24-13-27/h2-5,8,11-13,15H,6-7,9-10H2,1H3. The van der Waals surface area contributed by atoms with Crippen LogP contribution in [0, 0.1) is 6.92 Å². The number of rotatable bonds is 3. The van der Waals surface area contributed by atoms with Gasteiger partial charge in [0.05, 0.1) is 23.8 Å². The number of para-hydroxylation sites is 1. The van der Waals surface area contributed by atoms with Crippen LogP contribution in [-0.4, -0.2) is 43.2 Å². The molecule has 1 fully saturated rings. The summed E-state index contributed by atoms with van der Waals surface area (Å²) in [5.41, 5.74) is -0.505. The number of alkyl halides is 3. The van der Waals surface area contributed by atoms with Gasteiger partial charge in [-0.2, -0.15) is 18.3 Å². The van der Waals surface area contributed by atoms with Crippen LogP contribution in [0.1, 0.15) is 40.5 Å². The number of aromatic nitrogens is 4. The second kappa shape index (κ2) is 7.38. The number of carbonyl (C=O) groups is 1. The highest BCUT2D eigenvalue weighted by Gasteiger charge is 2.42. The molecule has 3 aromatic rings. The van der Waals surface area contributed by atoms with E-state index in [1.807, 2.05) is 10.8 Å². The molecular weight excluding hydrogens is 383 g/mol. The van der Waals surface area contributed by atoms with Crippen molar-refractivity contribution in [1.82, 2.24) is 24.2 Å². The van der Waals surface area contributed by atoms with Gasteiger partial charge >= 0.3 is 6.18 Å². The molecule has 1 aliphatic heterocycles. The molecule has 0 bridgehead atoms. The minimum atomic E-state index is -4.71. The van der Waals surface area contributed by atoms with Crippen LogP contribution in [0.3, 0.4) is 0 Å². The second-order valence-electron chi connectivity index (χ2n) is 7.14. The molecule has 3 heterocycles. The van der Waals surface area contributed by atoms with Crippen molar-refractivity contribution in [3.8, 4) is 5.69 Å². The molecule has 0 N–H and O–H groups in total. The number of hydrogen-bond acceptors (Lipinski definition) is 3. The molecule has 0 spiro atoms. The van der Waals surface area contributed by atoms with E-state index in [4.69, 9.17) is 0 Å². The van der Waals surface area contributed by atoms with Crippen molar-refractivity contribution in [1.29, 1.82) is 0 Å². The van der Waals surface area contributed by atoms with Crippen LogP contribution in [0.15, 0.2) is 49.2 Å². The lowest BCUT2D eigenvalue weighted by molar-refractivity contribution is -0.143. The molecule has 1 aromatic carbocycles. The van der Waals surface area contributed by atoms with Crippen LogP contribution in [0.25, 0.3) is 5.69 Å². The lowest BCUT2D eigenvalue weighted by Gasteiger charge is -2.32. The van der Waals surface area contributed by atoms with Crippen molar-refractivity contribution in [2.75, 3.05) is 13.1 Å². The molecule has 6 nitrogen and oxygen atoms in total. The van der Waals surface area contributed by atoms with Gasteiger partial charge in [0.15, 0.2) is 5.69 Å². The number of benzene rings is 1. The molecule has 0 atom stereocenters. The third kappa shape index (κ3) is 3.64. The number of amides is 1. The summed E-state index contributed by atoms with van der Waals surface area (Å²) in [5, 5.41) is 3.92. The smallest absolute Gasteiger partial charge is 0.338 e. The van der Waals surface area contributed by atoms with Crippen molar-refractivity contribution < 1.29 is 18.0 Å². The molecule has 1 amide bonds.